The van der Waals surface area contributed by atoms with E-state index in [0.717, 1.165) is 25.3 Å². The third kappa shape index (κ3) is 1.51. The van der Waals surface area contributed by atoms with Gasteiger partial charge in [-0.25, -0.2) is 0 Å². The van der Waals surface area contributed by atoms with Crippen LogP contribution < -0.4 is 5.73 Å². The first-order valence-corrected chi connectivity index (χ1v) is 5.09. The number of furan rings is 1. The summed E-state index contributed by atoms with van der Waals surface area (Å²) in [4.78, 5) is 0. The highest BCUT2D eigenvalue weighted by atomic mass is 16.3. The van der Waals surface area contributed by atoms with E-state index < -0.39 is 0 Å². The molecule has 2 nitrogen and oxygen atoms in total. The Morgan fingerprint density at radius 1 is 1.62 bits per heavy atom. The van der Waals surface area contributed by atoms with Crippen molar-refractivity contribution in [2.75, 3.05) is 6.54 Å². The maximum atomic E-state index is 5.62. The molecule has 0 radical (unpaired) electrons. The first-order chi connectivity index (χ1) is 6.33. The highest BCUT2D eigenvalue weighted by Crippen LogP contribution is 2.38. The second-order valence-electron chi connectivity index (χ2n) is 4.00. The second kappa shape index (κ2) is 3.54. The summed E-state index contributed by atoms with van der Waals surface area (Å²) in [7, 11) is 0. The van der Waals surface area contributed by atoms with E-state index in [-0.39, 0.29) is 0 Å². The molecule has 1 aliphatic carbocycles. The van der Waals surface area contributed by atoms with Crippen LogP contribution in [0.1, 0.15) is 37.0 Å². The highest BCUT2D eigenvalue weighted by Gasteiger charge is 2.27. The molecule has 2 rings (SSSR count). The Balaban J connectivity index is 2.25. The summed E-state index contributed by atoms with van der Waals surface area (Å²) in [5.41, 5.74) is 7.02. The minimum Gasteiger partial charge on any atom is -0.469 e. The van der Waals surface area contributed by atoms with Crippen LogP contribution in [0.4, 0.5) is 0 Å². The van der Waals surface area contributed by atoms with Gasteiger partial charge in [0.2, 0.25) is 0 Å². The average molecular weight is 179 g/mol. The van der Waals surface area contributed by atoms with Gasteiger partial charge in [-0.1, -0.05) is 6.92 Å². The van der Waals surface area contributed by atoms with Gasteiger partial charge in [0.1, 0.15) is 5.76 Å². The second-order valence-corrected chi connectivity index (χ2v) is 4.00. The minimum absolute atomic E-state index is 0.632. The quantitative estimate of drug-likeness (QED) is 0.756. The Morgan fingerprint density at radius 2 is 2.46 bits per heavy atom. The van der Waals surface area contributed by atoms with Crippen molar-refractivity contribution in [3.05, 3.63) is 23.7 Å². The predicted molar refractivity (Wildman–Crippen MR) is 52.6 cm³/mol. The maximum absolute atomic E-state index is 5.62. The van der Waals surface area contributed by atoms with Crippen molar-refractivity contribution in [1.29, 1.82) is 0 Å². The fourth-order valence-electron chi connectivity index (χ4n) is 2.37. The van der Waals surface area contributed by atoms with Gasteiger partial charge in [0.15, 0.2) is 0 Å². The van der Waals surface area contributed by atoms with Crippen LogP contribution in [-0.4, -0.2) is 6.54 Å². The molecule has 0 amide bonds. The van der Waals surface area contributed by atoms with Crippen LogP contribution >= 0.6 is 0 Å². The van der Waals surface area contributed by atoms with Gasteiger partial charge < -0.3 is 10.2 Å². The maximum Gasteiger partial charge on any atom is 0.107 e. The van der Waals surface area contributed by atoms with Crippen LogP contribution in [0.25, 0.3) is 0 Å². The van der Waals surface area contributed by atoms with Gasteiger partial charge in [-0.15, -0.1) is 0 Å². The summed E-state index contributed by atoms with van der Waals surface area (Å²) in [6.07, 6.45) is 5.25. The van der Waals surface area contributed by atoms with Crippen molar-refractivity contribution in [2.24, 2.45) is 11.7 Å². The lowest BCUT2D eigenvalue weighted by Gasteiger charge is -2.27. The largest absolute Gasteiger partial charge is 0.469 e. The van der Waals surface area contributed by atoms with Crippen molar-refractivity contribution in [3.63, 3.8) is 0 Å². The van der Waals surface area contributed by atoms with E-state index in [2.05, 4.69) is 13.0 Å². The molecular formula is C11H17NO. The molecule has 2 unspecified atom stereocenters. The number of hydrogen-bond donors (Lipinski definition) is 1. The average Bonchev–Trinajstić information content (AvgIpc) is 2.58. The van der Waals surface area contributed by atoms with Gasteiger partial charge in [-0.2, -0.15) is 0 Å². The lowest BCUT2D eigenvalue weighted by atomic mass is 9.77. The normalized spacial score (nSPS) is 27.2. The van der Waals surface area contributed by atoms with E-state index in [1.165, 1.54) is 17.7 Å². The van der Waals surface area contributed by atoms with Gasteiger partial charge in [0.05, 0.1) is 6.26 Å². The summed E-state index contributed by atoms with van der Waals surface area (Å²) in [5, 5.41) is 0. The zero-order valence-electron chi connectivity index (χ0n) is 8.12. The Bertz CT molecular complexity index is 279. The zero-order valence-corrected chi connectivity index (χ0v) is 8.12. The molecule has 13 heavy (non-hydrogen) atoms. The molecule has 0 saturated heterocycles. The number of fused-ring (bicyclic) bond motifs is 1. The Hall–Kier alpha value is -0.760. The SMILES string of the molecule is CC1CCc2occc2C1CCN. The fourth-order valence-corrected chi connectivity index (χ4v) is 2.37. The molecule has 0 bridgehead atoms. The van der Waals surface area contributed by atoms with Crippen molar-refractivity contribution < 1.29 is 4.42 Å². The van der Waals surface area contributed by atoms with E-state index in [0.29, 0.717) is 5.92 Å². The molecule has 2 N–H and O–H groups in total. The standard InChI is InChI=1S/C11H17NO/c1-8-2-3-11-10(5-7-13-11)9(8)4-6-12/h5,7-9H,2-4,6,12H2,1H3. The summed E-state index contributed by atoms with van der Waals surface area (Å²) in [5.74, 6) is 2.58. The summed E-state index contributed by atoms with van der Waals surface area (Å²) < 4.78 is 5.44. The van der Waals surface area contributed by atoms with Crippen LogP contribution in [0.5, 0.6) is 0 Å². The Labute approximate surface area is 79.1 Å². The van der Waals surface area contributed by atoms with Crippen LogP contribution in [0, 0.1) is 5.92 Å². The molecule has 0 saturated carbocycles. The first-order valence-electron chi connectivity index (χ1n) is 5.09. The molecule has 1 aromatic rings. The third-order valence-corrected chi connectivity index (χ3v) is 3.17. The molecule has 1 aromatic heterocycles. The van der Waals surface area contributed by atoms with E-state index in [1.54, 1.807) is 0 Å². The van der Waals surface area contributed by atoms with E-state index in [9.17, 15) is 0 Å². The smallest absolute Gasteiger partial charge is 0.107 e. The van der Waals surface area contributed by atoms with Crippen molar-refractivity contribution in [1.82, 2.24) is 0 Å². The van der Waals surface area contributed by atoms with E-state index >= 15 is 0 Å². The number of aryl methyl sites for hydroxylation is 1. The molecule has 1 heterocycles. The molecule has 2 atom stereocenters. The molecular weight excluding hydrogens is 162 g/mol. The topological polar surface area (TPSA) is 39.2 Å². The molecule has 72 valence electrons. The van der Waals surface area contributed by atoms with Gasteiger partial charge in [0.25, 0.3) is 0 Å². The highest BCUT2D eigenvalue weighted by molar-refractivity contribution is 5.25. The summed E-state index contributed by atoms with van der Waals surface area (Å²) >= 11 is 0. The molecule has 0 spiro atoms. The zero-order chi connectivity index (χ0) is 9.26. The van der Waals surface area contributed by atoms with Crippen LogP contribution in [0.3, 0.4) is 0 Å². The van der Waals surface area contributed by atoms with E-state index in [4.69, 9.17) is 10.2 Å². The van der Waals surface area contributed by atoms with Gasteiger partial charge >= 0.3 is 0 Å². The summed E-state index contributed by atoms with van der Waals surface area (Å²) in [6, 6.07) is 2.12. The summed E-state index contributed by atoms with van der Waals surface area (Å²) in [6.45, 7) is 3.09. The number of hydrogen-bond acceptors (Lipinski definition) is 2. The number of rotatable bonds is 2. The van der Waals surface area contributed by atoms with Gasteiger partial charge in [-0.05, 0) is 42.9 Å². The fraction of sp³-hybridized carbons (Fsp3) is 0.636. The lowest BCUT2D eigenvalue weighted by Crippen LogP contribution is -2.19. The van der Waals surface area contributed by atoms with Crippen LogP contribution in [-0.2, 0) is 6.42 Å². The van der Waals surface area contributed by atoms with Gasteiger partial charge in [0, 0.05) is 6.42 Å². The lowest BCUT2D eigenvalue weighted by molar-refractivity contribution is 0.355. The minimum atomic E-state index is 0.632. The molecule has 0 aliphatic heterocycles. The van der Waals surface area contributed by atoms with Crippen molar-refractivity contribution in [3.8, 4) is 0 Å². The monoisotopic (exact) mass is 179 g/mol. The van der Waals surface area contributed by atoms with Crippen LogP contribution in [0.2, 0.25) is 0 Å². The Kier molecular flexibility index (Phi) is 2.40. The third-order valence-electron chi connectivity index (χ3n) is 3.17. The van der Waals surface area contributed by atoms with E-state index in [1.807, 2.05) is 6.26 Å². The molecule has 0 fully saturated rings. The van der Waals surface area contributed by atoms with Crippen molar-refractivity contribution >= 4 is 0 Å². The Morgan fingerprint density at radius 3 is 3.23 bits per heavy atom. The molecule has 2 heteroatoms. The molecule has 1 aliphatic rings. The predicted octanol–water partition coefficient (Wildman–Crippen LogP) is 2.29. The number of nitrogens with two attached hydrogens (primary N) is 1. The van der Waals surface area contributed by atoms with Gasteiger partial charge in [-0.3, -0.25) is 0 Å². The molecule has 0 aromatic carbocycles. The van der Waals surface area contributed by atoms with Crippen LogP contribution in [0.15, 0.2) is 16.7 Å². The first kappa shape index (κ1) is 8.82. The van der Waals surface area contributed by atoms with Crippen molar-refractivity contribution in [2.45, 2.75) is 32.1 Å².